The van der Waals surface area contributed by atoms with Crippen LogP contribution in [0.15, 0.2) is 48.6 Å². The predicted molar refractivity (Wildman–Crippen MR) is 87.9 cm³/mol. The lowest BCUT2D eigenvalue weighted by molar-refractivity contribution is -0.114. The molecular weight excluding hydrogens is 276 g/mol. The highest BCUT2D eigenvalue weighted by Crippen LogP contribution is 2.18. The fourth-order valence-corrected chi connectivity index (χ4v) is 2.40. The topological polar surface area (TPSA) is 35.5 Å². The van der Waals surface area contributed by atoms with E-state index in [2.05, 4.69) is 12.2 Å². The first-order chi connectivity index (χ1) is 10.8. The molecule has 22 heavy (non-hydrogen) atoms. The highest BCUT2D eigenvalue weighted by atomic mass is 16.5. The molecule has 2 rings (SSSR count). The monoisotopic (exact) mass is 300 g/mol. The third-order valence-electron chi connectivity index (χ3n) is 3.71. The van der Waals surface area contributed by atoms with Gasteiger partial charge in [-0.3, -0.25) is 4.79 Å². The van der Waals surface area contributed by atoms with Gasteiger partial charge in [0.25, 0.3) is 0 Å². The molecule has 1 atom stereocenters. The van der Waals surface area contributed by atoms with Crippen LogP contribution >= 0.6 is 0 Å². The quantitative estimate of drug-likeness (QED) is 0.509. The second-order valence-electron chi connectivity index (χ2n) is 5.54. The summed E-state index contributed by atoms with van der Waals surface area (Å²) in [5.74, 6) is 1.54. The molecule has 0 saturated heterocycles. The Morgan fingerprint density at radius 2 is 2.05 bits per heavy atom. The first kappa shape index (κ1) is 16.5. The van der Waals surface area contributed by atoms with Gasteiger partial charge in [0.1, 0.15) is 5.75 Å². The van der Waals surface area contributed by atoms with Crippen LogP contribution in [0.25, 0.3) is 0 Å². The second-order valence-corrected chi connectivity index (χ2v) is 5.54. The second kappa shape index (κ2) is 9.21. The van der Waals surface area contributed by atoms with Crippen LogP contribution in [0.4, 0.5) is 0 Å². The van der Waals surface area contributed by atoms with E-state index in [0.717, 1.165) is 37.2 Å². The molecule has 118 valence electrons. The zero-order valence-corrected chi connectivity index (χ0v) is 13.2. The summed E-state index contributed by atoms with van der Waals surface area (Å²) in [6.45, 7) is 1.40. The number of carbonyl (C=O) groups is 1. The summed E-state index contributed by atoms with van der Waals surface area (Å²) < 4.78 is 10.8. The van der Waals surface area contributed by atoms with Gasteiger partial charge in [-0.2, -0.15) is 0 Å². The van der Waals surface area contributed by atoms with Crippen molar-refractivity contribution in [1.29, 1.82) is 0 Å². The molecule has 0 amide bonds. The van der Waals surface area contributed by atoms with E-state index in [1.165, 1.54) is 0 Å². The third-order valence-corrected chi connectivity index (χ3v) is 3.71. The summed E-state index contributed by atoms with van der Waals surface area (Å²) in [7, 11) is 1.67. The van der Waals surface area contributed by atoms with Crippen LogP contribution in [0.5, 0.6) is 5.75 Å². The molecule has 0 saturated carbocycles. The number of allylic oxidation sites excluding steroid dienone is 4. The highest BCUT2D eigenvalue weighted by molar-refractivity contribution is 5.92. The zero-order valence-electron chi connectivity index (χ0n) is 13.2. The molecule has 0 fully saturated rings. The van der Waals surface area contributed by atoms with Crippen LogP contribution < -0.4 is 4.74 Å². The van der Waals surface area contributed by atoms with Crippen LogP contribution in [-0.4, -0.2) is 19.5 Å². The number of hydrogen-bond acceptors (Lipinski definition) is 3. The van der Waals surface area contributed by atoms with Gasteiger partial charge in [0.2, 0.25) is 0 Å². The summed E-state index contributed by atoms with van der Waals surface area (Å²) >= 11 is 0. The Balaban J connectivity index is 1.50. The zero-order chi connectivity index (χ0) is 15.6. The predicted octanol–water partition coefficient (Wildman–Crippen LogP) is 4.08. The molecular formula is C19H24O3. The van der Waals surface area contributed by atoms with E-state index < -0.39 is 0 Å². The molecule has 0 N–H and O–H groups in total. The molecule has 0 radical (unpaired) electrons. The Hall–Kier alpha value is -1.87. The Morgan fingerprint density at radius 1 is 1.23 bits per heavy atom. The average Bonchev–Trinajstić information content (AvgIpc) is 2.96. The number of rotatable bonds is 9. The van der Waals surface area contributed by atoms with Gasteiger partial charge < -0.3 is 9.47 Å². The van der Waals surface area contributed by atoms with Crippen molar-refractivity contribution in [1.82, 2.24) is 0 Å². The van der Waals surface area contributed by atoms with E-state index in [0.29, 0.717) is 18.9 Å². The Morgan fingerprint density at radius 3 is 2.73 bits per heavy atom. The maximum atomic E-state index is 11.1. The molecule has 3 heteroatoms. The van der Waals surface area contributed by atoms with Gasteiger partial charge in [-0.25, -0.2) is 0 Å². The highest BCUT2D eigenvalue weighted by Gasteiger charge is 2.13. The Bertz CT molecular complexity index is 514. The smallest absolute Gasteiger partial charge is 0.155 e. The van der Waals surface area contributed by atoms with Gasteiger partial charge >= 0.3 is 0 Å². The molecule has 0 unspecified atom stereocenters. The van der Waals surface area contributed by atoms with E-state index in [9.17, 15) is 4.79 Å². The number of ketones is 1. The molecule has 1 aliphatic carbocycles. The van der Waals surface area contributed by atoms with Gasteiger partial charge in [0, 0.05) is 13.0 Å². The summed E-state index contributed by atoms with van der Waals surface area (Å²) in [4.78, 5) is 11.1. The lowest BCUT2D eigenvalue weighted by atomic mass is 10.0. The van der Waals surface area contributed by atoms with Crippen molar-refractivity contribution < 1.29 is 14.3 Å². The molecule has 0 aromatic heterocycles. The normalized spacial score (nSPS) is 17.5. The van der Waals surface area contributed by atoms with Gasteiger partial charge in [-0.1, -0.05) is 30.4 Å². The summed E-state index contributed by atoms with van der Waals surface area (Å²) in [6.07, 6.45) is 11.8. The molecule has 1 aliphatic rings. The average molecular weight is 300 g/mol. The van der Waals surface area contributed by atoms with Crippen LogP contribution in [-0.2, 0) is 16.1 Å². The minimum absolute atomic E-state index is 0.255. The van der Waals surface area contributed by atoms with Crippen LogP contribution in [0.3, 0.4) is 0 Å². The molecule has 0 bridgehead atoms. The van der Waals surface area contributed by atoms with Gasteiger partial charge in [-0.05, 0) is 49.0 Å². The Labute approximate surface area is 132 Å². The van der Waals surface area contributed by atoms with E-state index in [1.807, 2.05) is 30.3 Å². The molecule has 0 heterocycles. The van der Waals surface area contributed by atoms with Crippen LogP contribution in [0, 0.1) is 5.92 Å². The van der Waals surface area contributed by atoms with Gasteiger partial charge in [0.05, 0.1) is 13.7 Å². The van der Waals surface area contributed by atoms with E-state index in [4.69, 9.17) is 9.47 Å². The number of ether oxygens (including phenoxy) is 2. The molecule has 0 aliphatic heterocycles. The van der Waals surface area contributed by atoms with Crippen molar-refractivity contribution in [2.24, 2.45) is 5.92 Å². The van der Waals surface area contributed by atoms with Crippen molar-refractivity contribution in [3.05, 3.63) is 54.1 Å². The number of hydrogen-bond donors (Lipinski definition) is 0. The van der Waals surface area contributed by atoms with E-state index in [-0.39, 0.29) is 5.78 Å². The van der Waals surface area contributed by atoms with Crippen molar-refractivity contribution >= 4 is 5.78 Å². The maximum absolute atomic E-state index is 11.1. The van der Waals surface area contributed by atoms with Crippen molar-refractivity contribution in [2.45, 2.75) is 32.3 Å². The standard InChI is InChI=1S/C19H24O3/c1-21-19-11-8-17(9-12-19)15-22-13-5-3-2-4-6-16-7-10-18(20)14-16/h2,4,7-12,16H,3,5-6,13-15H2,1H3/b4-2-/t16-/m0/s1. The number of methoxy groups -OCH3 is 1. The largest absolute Gasteiger partial charge is 0.497 e. The SMILES string of the molecule is COc1ccc(COCCC/C=C\C[C@H]2C=CC(=O)C2)cc1. The lowest BCUT2D eigenvalue weighted by Gasteiger charge is -2.05. The van der Waals surface area contributed by atoms with Crippen molar-refractivity contribution in [2.75, 3.05) is 13.7 Å². The molecule has 3 nitrogen and oxygen atoms in total. The fourth-order valence-electron chi connectivity index (χ4n) is 2.40. The molecule has 1 aromatic carbocycles. The summed E-state index contributed by atoms with van der Waals surface area (Å²) in [5.41, 5.74) is 1.16. The molecule has 1 aromatic rings. The summed E-state index contributed by atoms with van der Waals surface area (Å²) in [6, 6.07) is 7.94. The first-order valence-corrected chi connectivity index (χ1v) is 7.84. The minimum atomic E-state index is 0.255. The molecule has 0 spiro atoms. The van der Waals surface area contributed by atoms with Crippen LogP contribution in [0.1, 0.15) is 31.2 Å². The van der Waals surface area contributed by atoms with Crippen molar-refractivity contribution in [3.8, 4) is 5.75 Å². The summed E-state index contributed by atoms with van der Waals surface area (Å²) in [5, 5.41) is 0. The first-order valence-electron chi connectivity index (χ1n) is 7.84. The van der Waals surface area contributed by atoms with Crippen LogP contribution in [0.2, 0.25) is 0 Å². The Kier molecular flexibility index (Phi) is 6.91. The lowest BCUT2D eigenvalue weighted by Crippen LogP contribution is -1.95. The van der Waals surface area contributed by atoms with E-state index >= 15 is 0 Å². The third kappa shape index (κ3) is 5.86. The van der Waals surface area contributed by atoms with Gasteiger partial charge in [-0.15, -0.1) is 0 Å². The number of unbranched alkanes of at least 4 members (excludes halogenated alkanes) is 1. The maximum Gasteiger partial charge on any atom is 0.155 e. The minimum Gasteiger partial charge on any atom is -0.497 e. The fraction of sp³-hybridized carbons (Fsp3) is 0.421. The van der Waals surface area contributed by atoms with E-state index in [1.54, 1.807) is 13.2 Å². The number of benzene rings is 1. The van der Waals surface area contributed by atoms with Gasteiger partial charge in [0.15, 0.2) is 5.78 Å². The number of carbonyl (C=O) groups excluding carboxylic acids is 1. The van der Waals surface area contributed by atoms with Crippen molar-refractivity contribution in [3.63, 3.8) is 0 Å².